The molecule has 0 atom stereocenters. The first-order chi connectivity index (χ1) is 10.9. The summed E-state index contributed by atoms with van der Waals surface area (Å²) < 4.78 is 37.3. The van der Waals surface area contributed by atoms with Gasteiger partial charge in [0.05, 0.1) is 16.3 Å². The molecule has 0 bridgehead atoms. The van der Waals surface area contributed by atoms with Crippen LogP contribution in [-0.4, -0.2) is 16.6 Å². The number of halogens is 3. The van der Waals surface area contributed by atoms with Crippen LogP contribution < -0.4 is 5.32 Å². The van der Waals surface area contributed by atoms with Gasteiger partial charge in [-0.05, 0) is 36.2 Å². The van der Waals surface area contributed by atoms with E-state index in [1.807, 2.05) is 31.2 Å². The number of nitrogens with one attached hydrogen (secondary N) is 1. The Balaban J connectivity index is 1.86. The molecule has 122 valence electrons. The zero-order valence-electron chi connectivity index (χ0n) is 12.4. The van der Waals surface area contributed by atoms with Crippen molar-refractivity contribution in [3.05, 3.63) is 53.7 Å². The normalized spacial score (nSPS) is 11.3. The summed E-state index contributed by atoms with van der Waals surface area (Å²) in [4.78, 5) is 15.5. The van der Waals surface area contributed by atoms with Gasteiger partial charge in [-0.25, -0.2) is 4.98 Å². The lowest BCUT2D eigenvalue weighted by Gasteiger charge is -2.07. The lowest BCUT2D eigenvalue weighted by molar-refractivity contribution is -0.137. The first-order valence-electron chi connectivity index (χ1n) is 6.93. The second kappa shape index (κ2) is 7.50. The Morgan fingerprint density at radius 2 is 1.87 bits per heavy atom. The Hall–Kier alpha value is -2.02. The topological polar surface area (TPSA) is 42.0 Å². The molecule has 23 heavy (non-hydrogen) atoms. The highest BCUT2D eigenvalue weighted by molar-refractivity contribution is 7.99. The lowest BCUT2D eigenvalue weighted by atomic mass is 10.1. The number of benzene rings is 1. The van der Waals surface area contributed by atoms with E-state index in [1.165, 1.54) is 11.6 Å². The Labute approximate surface area is 136 Å². The van der Waals surface area contributed by atoms with E-state index in [1.54, 1.807) is 0 Å². The van der Waals surface area contributed by atoms with Gasteiger partial charge in [0.1, 0.15) is 0 Å². The SMILES string of the molecule is CCc1ccc(NC(=O)CSc2ccc(C(F)(F)F)cn2)cc1. The molecule has 1 amide bonds. The first kappa shape index (κ1) is 17.3. The van der Waals surface area contributed by atoms with Crippen LogP contribution in [0.15, 0.2) is 47.6 Å². The molecule has 0 fully saturated rings. The molecule has 1 N–H and O–H groups in total. The van der Waals surface area contributed by atoms with Gasteiger partial charge in [-0.1, -0.05) is 30.8 Å². The van der Waals surface area contributed by atoms with Gasteiger partial charge in [0.2, 0.25) is 5.91 Å². The Bertz CT molecular complexity index is 655. The zero-order valence-corrected chi connectivity index (χ0v) is 13.2. The number of carbonyl (C=O) groups excluding carboxylic acids is 1. The number of aryl methyl sites for hydroxylation is 1. The average molecular weight is 340 g/mol. The maximum absolute atomic E-state index is 12.4. The fraction of sp³-hybridized carbons (Fsp3) is 0.250. The molecule has 1 heterocycles. The smallest absolute Gasteiger partial charge is 0.325 e. The van der Waals surface area contributed by atoms with Crippen LogP contribution in [0.25, 0.3) is 0 Å². The number of thioether (sulfide) groups is 1. The number of carbonyl (C=O) groups is 1. The Morgan fingerprint density at radius 1 is 1.17 bits per heavy atom. The van der Waals surface area contributed by atoms with E-state index in [0.29, 0.717) is 10.7 Å². The van der Waals surface area contributed by atoms with Crippen LogP contribution >= 0.6 is 11.8 Å². The van der Waals surface area contributed by atoms with Crippen LogP contribution in [0.2, 0.25) is 0 Å². The minimum Gasteiger partial charge on any atom is -0.325 e. The molecule has 0 saturated carbocycles. The maximum atomic E-state index is 12.4. The van der Waals surface area contributed by atoms with Crippen molar-refractivity contribution >= 4 is 23.4 Å². The monoisotopic (exact) mass is 340 g/mol. The highest BCUT2D eigenvalue weighted by atomic mass is 32.2. The number of pyridine rings is 1. The summed E-state index contributed by atoms with van der Waals surface area (Å²) in [6.45, 7) is 2.04. The number of anilines is 1. The molecule has 2 rings (SSSR count). The Kier molecular flexibility index (Phi) is 5.65. The minimum absolute atomic E-state index is 0.0773. The molecular weight excluding hydrogens is 325 g/mol. The molecule has 2 aromatic rings. The van der Waals surface area contributed by atoms with Gasteiger partial charge in [0, 0.05) is 11.9 Å². The molecule has 3 nitrogen and oxygen atoms in total. The third kappa shape index (κ3) is 5.28. The molecule has 0 spiro atoms. The van der Waals surface area contributed by atoms with E-state index < -0.39 is 11.7 Å². The number of hydrogen-bond donors (Lipinski definition) is 1. The largest absolute Gasteiger partial charge is 0.417 e. The summed E-state index contributed by atoms with van der Waals surface area (Å²) in [5, 5.41) is 3.10. The number of alkyl halides is 3. The molecule has 0 unspecified atom stereocenters. The molecular formula is C16H15F3N2OS. The molecule has 1 aromatic heterocycles. The molecule has 0 aliphatic rings. The van der Waals surface area contributed by atoms with Crippen molar-refractivity contribution < 1.29 is 18.0 Å². The van der Waals surface area contributed by atoms with Crippen molar-refractivity contribution in [2.75, 3.05) is 11.1 Å². The van der Waals surface area contributed by atoms with E-state index in [0.717, 1.165) is 30.4 Å². The maximum Gasteiger partial charge on any atom is 0.417 e. The highest BCUT2D eigenvalue weighted by Gasteiger charge is 2.30. The van der Waals surface area contributed by atoms with Crippen LogP contribution in [0.4, 0.5) is 18.9 Å². The number of hydrogen-bond acceptors (Lipinski definition) is 3. The summed E-state index contributed by atoms with van der Waals surface area (Å²) in [5.74, 6) is -0.158. The van der Waals surface area contributed by atoms with Gasteiger partial charge in [0.15, 0.2) is 0 Å². The second-order valence-corrected chi connectivity index (χ2v) is 5.77. The van der Waals surface area contributed by atoms with E-state index in [9.17, 15) is 18.0 Å². The van der Waals surface area contributed by atoms with Gasteiger partial charge >= 0.3 is 6.18 Å². The van der Waals surface area contributed by atoms with E-state index >= 15 is 0 Å². The Morgan fingerprint density at radius 3 is 2.39 bits per heavy atom. The standard InChI is InChI=1S/C16H15F3N2OS/c1-2-11-3-6-13(7-4-11)21-14(22)10-23-15-8-5-12(9-20-15)16(17,18)19/h3-9H,2,10H2,1H3,(H,21,22). The fourth-order valence-corrected chi connectivity index (χ4v) is 2.44. The predicted molar refractivity (Wildman–Crippen MR) is 84.4 cm³/mol. The molecule has 0 aliphatic heterocycles. The zero-order chi connectivity index (χ0) is 16.9. The first-order valence-corrected chi connectivity index (χ1v) is 7.92. The predicted octanol–water partition coefficient (Wildman–Crippen LogP) is 4.39. The molecule has 0 radical (unpaired) electrons. The van der Waals surface area contributed by atoms with Crippen LogP contribution in [0.1, 0.15) is 18.1 Å². The van der Waals surface area contributed by atoms with E-state index in [2.05, 4.69) is 10.3 Å². The van der Waals surface area contributed by atoms with Gasteiger partial charge in [-0.3, -0.25) is 4.79 Å². The van der Waals surface area contributed by atoms with Gasteiger partial charge in [-0.15, -0.1) is 0 Å². The van der Waals surface area contributed by atoms with Crippen LogP contribution in [-0.2, 0) is 17.4 Å². The van der Waals surface area contributed by atoms with Gasteiger partial charge < -0.3 is 5.32 Å². The van der Waals surface area contributed by atoms with Crippen LogP contribution in [0.3, 0.4) is 0 Å². The van der Waals surface area contributed by atoms with Gasteiger partial charge in [-0.2, -0.15) is 13.2 Å². The van der Waals surface area contributed by atoms with Crippen molar-refractivity contribution in [3.8, 4) is 0 Å². The van der Waals surface area contributed by atoms with Crippen molar-refractivity contribution in [1.82, 2.24) is 4.98 Å². The number of nitrogens with zero attached hydrogens (tertiary/aromatic N) is 1. The van der Waals surface area contributed by atoms with Crippen molar-refractivity contribution in [2.45, 2.75) is 24.5 Å². The van der Waals surface area contributed by atoms with Crippen LogP contribution in [0, 0.1) is 0 Å². The number of aromatic nitrogens is 1. The summed E-state index contributed by atoms with van der Waals surface area (Å²) in [6.07, 6.45) is -2.72. The third-order valence-electron chi connectivity index (χ3n) is 3.06. The number of rotatable bonds is 5. The van der Waals surface area contributed by atoms with Gasteiger partial charge in [0.25, 0.3) is 0 Å². The summed E-state index contributed by atoms with van der Waals surface area (Å²) in [7, 11) is 0. The van der Waals surface area contributed by atoms with E-state index in [-0.39, 0.29) is 11.7 Å². The van der Waals surface area contributed by atoms with Crippen molar-refractivity contribution in [1.29, 1.82) is 0 Å². The van der Waals surface area contributed by atoms with Crippen LogP contribution in [0.5, 0.6) is 0 Å². The summed E-state index contributed by atoms with van der Waals surface area (Å²) in [6, 6.07) is 9.71. The molecule has 0 saturated heterocycles. The van der Waals surface area contributed by atoms with Crippen molar-refractivity contribution in [2.24, 2.45) is 0 Å². The summed E-state index contributed by atoms with van der Waals surface area (Å²) in [5.41, 5.74) is 1.06. The number of amides is 1. The third-order valence-corrected chi connectivity index (χ3v) is 4.00. The quantitative estimate of drug-likeness (QED) is 0.821. The summed E-state index contributed by atoms with van der Waals surface area (Å²) >= 11 is 1.08. The second-order valence-electron chi connectivity index (χ2n) is 4.77. The lowest BCUT2D eigenvalue weighted by Crippen LogP contribution is -2.14. The average Bonchev–Trinajstić information content (AvgIpc) is 2.53. The van der Waals surface area contributed by atoms with Crippen molar-refractivity contribution in [3.63, 3.8) is 0 Å². The molecule has 1 aromatic carbocycles. The minimum atomic E-state index is -4.40. The van der Waals surface area contributed by atoms with E-state index in [4.69, 9.17) is 0 Å². The highest BCUT2D eigenvalue weighted by Crippen LogP contribution is 2.29. The fourth-order valence-electron chi connectivity index (χ4n) is 1.79. The molecule has 0 aliphatic carbocycles. The molecule has 7 heteroatoms.